The Morgan fingerprint density at radius 3 is 2.36 bits per heavy atom. The van der Waals surface area contributed by atoms with E-state index in [1.165, 1.54) is 6.07 Å². The van der Waals surface area contributed by atoms with Crippen LogP contribution in [0, 0.1) is 0 Å². The summed E-state index contributed by atoms with van der Waals surface area (Å²) in [6.45, 7) is 4.29. The fourth-order valence-electron chi connectivity index (χ4n) is 3.77. The molecule has 0 saturated carbocycles. The van der Waals surface area contributed by atoms with Crippen LogP contribution in [-0.2, 0) is 9.84 Å². The zero-order valence-electron chi connectivity index (χ0n) is 16.3. The normalized spacial score (nSPS) is 16.0. The van der Waals surface area contributed by atoms with E-state index in [1.54, 1.807) is 18.2 Å². The summed E-state index contributed by atoms with van der Waals surface area (Å²) in [6.07, 6.45) is 2.84. The molecule has 1 unspecified atom stereocenters. The minimum Gasteiger partial charge on any atom is -0.350 e. The number of nitrogens with one attached hydrogen (secondary N) is 1. The van der Waals surface area contributed by atoms with Gasteiger partial charge in [-0.15, -0.1) is 0 Å². The van der Waals surface area contributed by atoms with Crippen molar-refractivity contribution in [3.63, 3.8) is 0 Å². The summed E-state index contributed by atoms with van der Waals surface area (Å²) in [5.41, 5.74) is 1.39. The monoisotopic (exact) mass is 400 g/mol. The molecule has 0 radical (unpaired) electrons. The molecule has 1 atom stereocenters. The lowest BCUT2D eigenvalue weighted by Gasteiger charge is -2.28. The van der Waals surface area contributed by atoms with Gasteiger partial charge in [-0.3, -0.25) is 9.69 Å². The molecule has 0 aliphatic carbocycles. The van der Waals surface area contributed by atoms with Crippen LogP contribution in [0.3, 0.4) is 0 Å². The maximum Gasteiger partial charge on any atom is 0.252 e. The Balaban J connectivity index is 1.79. The van der Waals surface area contributed by atoms with E-state index < -0.39 is 9.84 Å². The highest BCUT2D eigenvalue weighted by molar-refractivity contribution is 7.91. The van der Waals surface area contributed by atoms with E-state index >= 15 is 0 Å². The van der Waals surface area contributed by atoms with Crippen LogP contribution in [0.1, 0.15) is 48.1 Å². The number of sulfone groups is 1. The predicted octanol–water partition coefficient (Wildman–Crippen LogP) is 3.44. The molecule has 2 aromatic rings. The summed E-state index contributed by atoms with van der Waals surface area (Å²) in [4.78, 5) is 15.4. The van der Waals surface area contributed by atoms with Crippen LogP contribution in [0.2, 0.25) is 0 Å². The molecule has 6 heteroatoms. The van der Waals surface area contributed by atoms with Gasteiger partial charge in [0, 0.05) is 6.54 Å². The van der Waals surface area contributed by atoms with E-state index in [0.29, 0.717) is 13.0 Å². The summed E-state index contributed by atoms with van der Waals surface area (Å²) < 4.78 is 25.1. The maximum atomic E-state index is 12.9. The van der Waals surface area contributed by atoms with Crippen molar-refractivity contribution in [1.29, 1.82) is 0 Å². The molecule has 5 nitrogen and oxygen atoms in total. The molecule has 0 aromatic heterocycles. The lowest BCUT2D eigenvalue weighted by Crippen LogP contribution is -2.37. The van der Waals surface area contributed by atoms with Gasteiger partial charge in [-0.2, -0.15) is 0 Å². The third kappa shape index (κ3) is 4.80. The van der Waals surface area contributed by atoms with Crippen LogP contribution in [0.5, 0.6) is 0 Å². The number of likely N-dealkylation sites (tertiary alicyclic amines) is 1. The van der Waals surface area contributed by atoms with Crippen LogP contribution in [0.25, 0.3) is 0 Å². The molecule has 2 aromatic carbocycles. The Labute approximate surface area is 167 Å². The van der Waals surface area contributed by atoms with Crippen molar-refractivity contribution in [3.05, 3.63) is 65.7 Å². The first-order chi connectivity index (χ1) is 13.5. The molecule has 0 bridgehead atoms. The zero-order chi connectivity index (χ0) is 20.0. The molecule has 150 valence electrons. The van der Waals surface area contributed by atoms with E-state index in [0.717, 1.165) is 31.5 Å². The van der Waals surface area contributed by atoms with Gasteiger partial charge < -0.3 is 5.32 Å². The SMILES string of the molecule is CCCS(=O)(=O)c1ccccc1C(=O)NCC(c1ccccc1)N1CCCC1. The van der Waals surface area contributed by atoms with Gasteiger partial charge in [-0.05, 0) is 50.0 Å². The molecular weight excluding hydrogens is 372 g/mol. The van der Waals surface area contributed by atoms with E-state index in [1.807, 2.05) is 25.1 Å². The average Bonchev–Trinajstić information content (AvgIpc) is 3.23. The molecule has 1 N–H and O–H groups in total. The fraction of sp³-hybridized carbons (Fsp3) is 0.409. The highest BCUT2D eigenvalue weighted by Gasteiger charge is 2.26. The number of carbonyl (C=O) groups excluding carboxylic acids is 1. The third-order valence-corrected chi connectivity index (χ3v) is 7.13. The lowest BCUT2D eigenvalue weighted by atomic mass is 10.1. The molecule has 28 heavy (non-hydrogen) atoms. The number of rotatable bonds is 8. The van der Waals surface area contributed by atoms with Gasteiger partial charge in [0.2, 0.25) is 0 Å². The number of hydrogen-bond donors (Lipinski definition) is 1. The summed E-state index contributed by atoms with van der Waals surface area (Å²) in [5.74, 6) is -0.298. The Bertz CT molecular complexity index is 891. The first kappa shape index (κ1) is 20.6. The van der Waals surface area contributed by atoms with Gasteiger partial charge in [0.25, 0.3) is 5.91 Å². The van der Waals surface area contributed by atoms with Gasteiger partial charge in [0.05, 0.1) is 22.3 Å². The van der Waals surface area contributed by atoms with Gasteiger partial charge >= 0.3 is 0 Å². The van der Waals surface area contributed by atoms with Crippen molar-refractivity contribution in [2.45, 2.75) is 37.1 Å². The number of hydrogen-bond acceptors (Lipinski definition) is 4. The van der Waals surface area contributed by atoms with Crippen molar-refractivity contribution in [3.8, 4) is 0 Å². The zero-order valence-corrected chi connectivity index (χ0v) is 17.1. The molecule has 0 spiro atoms. The third-order valence-electron chi connectivity index (χ3n) is 5.16. The van der Waals surface area contributed by atoms with Crippen molar-refractivity contribution in [2.75, 3.05) is 25.4 Å². The van der Waals surface area contributed by atoms with E-state index in [4.69, 9.17) is 0 Å². The molecule has 1 aliphatic rings. The second-order valence-corrected chi connectivity index (χ2v) is 9.27. The van der Waals surface area contributed by atoms with Crippen molar-refractivity contribution >= 4 is 15.7 Å². The van der Waals surface area contributed by atoms with E-state index in [2.05, 4.69) is 22.3 Å². The lowest BCUT2D eigenvalue weighted by molar-refractivity contribution is 0.0934. The van der Waals surface area contributed by atoms with Crippen LogP contribution < -0.4 is 5.32 Å². The second-order valence-electron chi connectivity index (χ2n) is 7.19. The molecule has 1 aliphatic heterocycles. The van der Waals surface area contributed by atoms with Crippen LogP contribution >= 0.6 is 0 Å². The summed E-state index contributed by atoms with van der Waals surface area (Å²) in [7, 11) is -3.46. The number of nitrogens with zero attached hydrogens (tertiary/aromatic N) is 1. The Hall–Kier alpha value is -2.18. The number of carbonyl (C=O) groups is 1. The van der Waals surface area contributed by atoms with Crippen LogP contribution in [0.4, 0.5) is 0 Å². The molecule has 1 heterocycles. The van der Waals surface area contributed by atoms with E-state index in [-0.39, 0.29) is 28.2 Å². The summed E-state index contributed by atoms with van der Waals surface area (Å²) in [6, 6.07) is 16.7. The quantitative estimate of drug-likeness (QED) is 0.737. The van der Waals surface area contributed by atoms with Crippen LogP contribution in [-0.4, -0.2) is 44.6 Å². The minimum atomic E-state index is -3.46. The standard InChI is InChI=1S/C22H28N2O3S/c1-2-16-28(26,27)21-13-7-6-12-19(21)22(25)23-17-20(24-14-8-9-15-24)18-10-4-3-5-11-18/h3-7,10-13,20H,2,8-9,14-17H2,1H3,(H,23,25). The number of benzene rings is 2. The molecule has 1 fully saturated rings. The van der Waals surface area contributed by atoms with Gasteiger partial charge in [-0.1, -0.05) is 49.4 Å². The maximum absolute atomic E-state index is 12.9. The first-order valence-electron chi connectivity index (χ1n) is 9.92. The topological polar surface area (TPSA) is 66.5 Å². The van der Waals surface area contributed by atoms with Crippen molar-refractivity contribution < 1.29 is 13.2 Å². The Kier molecular flexibility index (Phi) is 6.86. The molecular formula is C22H28N2O3S. The minimum absolute atomic E-state index is 0.0394. The van der Waals surface area contributed by atoms with E-state index in [9.17, 15) is 13.2 Å². The van der Waals surface area contributed by atoms with Crippen molar-refractivity contribution in [2.24, 2.45) is 0 Å². The largest absolute Gasteiger partial charge is 0.350 e. The predicted molar refractivity (Wildman–Crippen MR) is 111 cm³/mol. The number of amides is 1. The summed E-state index contributed by atoms with van der Waals surface area (Å²) in [5, 5.41) is 2.98. The van der Waals surface area contributed by atoms with Crippen molar-refractivity contribution in [1.82, 2.24) is 10.2 Å². The smallest absolute Gasteiger partial charge is 0.252 e. The Morgan fingerprint density at radius 2 is 1.68 bits per heavy atom. The molecule has 1 saturated heterocycles. The highest BCUT2D eigenvalue weighted by Crippen LogP contribution is 2.25. The highest BCUT2D eigenvalue weighted by atomic mass is 32.2. The van der Waals surface area contributed by atoms with Gasteiger partial charge in [0.15, 0.2) is 9.84 Å². The second kappa shape index (κ2) is 9.34. The molecule has 3 rings (SSSR count). The fourth-order valence-corrected chi connectivity index (χ4v) is 5.31. The van der Waals surface area contributed by atoms with Gasteiger partial charge in [0.1, 0.15) is 0 Å². The molecule has 1 amide bonds. The Morgan fingerprint density at radius 1 is 1.04 bits per heavy atom. The van der Waals surface area contributed by atoms with Gasteiger partial charge in [-0.25, -0.2) is 8.42 Å². The average molecular weight is 401 g/mol. The van der Waals surface area contributed by atoms with Crippen LogP contribution in [0.15, 0.2) is 59.5 Å². The first-order valence-corrected chi connectivity index (χ1v) is 11.6. The summed E-state index contributed by atoms with van der Waals surface area (Å²) >= 11 is 0.